The zero-order chi connectivity index (χ0) is 14.8. The molecule has 2 rings (SSSR count). The van der Waals surface area contributed by atoms with Crippen LogP contribution in [0.5, 0.6) is 5.75 Å². The maximum Gasteiger partial charge on any atom is 0.119 e. The largest absolute Gasteiger partial charge is 0.497 e. The van der Waals surface area contributed by atoms with Gasteiger partial charge in [-0.15, -0.1) is 0 Å². The Hall–Kier alpha value is -1.06. The second-order valence-corrected chi connectivity index (χ2v) is 6.86. The van der Waals surface area contributed by atoms with Gasteiger partial charge in [-0.3, -0.25) is 0 Å². The zero-order valence-electron chi connectivity index (χ0n) is 13.1. The minimum absolute atomic E-state index is 0.0667. The van der Waals surface area contributed by atoms with Crippen molar-refractivity contribution in [2.75, 3.05) is 13.7 Å². The summed E-state index contributed by atoms with van der Waals surface area (Å²) in [5, 5.41) is 13.6. The first-order chi connectivity index (χ1) is 9.40. The van der Waals surface area contributed by atoms with Gasteiger partial charge in [0.2, 0.25) is 0 Å². The third-order valence-electron chi connectivity index (χ3n) is 4.24. The van der Waals surface area contributed by atoms with Crippen molar-refractivity contribution < 1.29 is 9.84 Å². The number of aliphatic hydroxyl groups excluding tert-OH is 1. The fourth-order valence-corrected chi connectivity index (χ4v) is 2.62. The molecular formula is C17H27NO2. The van der Waals surface area contributed by atoms with E-state index in [2.05, 4.69) is 38.2 Å². The monoisotopic (exact) mass is 277 g/mol. The molecule has 3 nitrogen and oxygen atoms in total. The smallest absolute Gasteiger partial charge is 0.119 e. The molecule has 0 heterocycles. The van der Waals surface area contributed by atoms with E-state index in [0.717, 1.165) is 25.0 Å². The number of nitrogens with one attached hydrogen (secondary N) is 1. The number of aryl methyl sites for hydroxylation is 1. The second kappa shape index (κ2) is 6.15. The van der Waals surface area contributed by atoms with Crippen LogP contribution in [0, 0.1) is 5.41 Å². The van der Waals surface area contributed by atoms with Crippen LogP contribution < -0.4 is 10.1 Å². The van der Waals surface area contributed by atoms with Crippen LogP contribution in [0.4, 0.5) is 0 Å². The van der Waals surface area contributed by atoms with Gasteiger partial charge in [-0.05, 0) is 47.9 Å². The molecule has 2 N–H and O–H groups in total. The molecule has 0 fully saturated rings. The summed E-state index contributed by atoms with van der Waals surface area (Å²) in [5.74, 6) is 0.930. The molecule has 0 bridgehead atoms. The molecule has 0 radical (unpaired) electrons. The van der Waals surface area contributed by atoms with E-state index in [9.17, 15) is 5.11 Å². The van der Waals surface area contributed by atoms with Crippen LogP contribution >= 0.6 is 0 Å². The third kappa shape index (κ3) is 3.74. The van der Waals surface area contributed by atoms with Crippen LogP contribution in [0.1, 0.15) is 38.3 Å². The quantitative estimate of drug-likeness (QED) is 0.888. The highest BCUT2D eigenvalue weighted by molar-refractivity contribution is 5.37. The average molecular weight is 277 g/mol. The van der Waals surface area contributed by atoms with Crippen LogP contribution in [0.15, 0.2) is 18.2 Å². The van der Waals surface area contributed by atoms with Crippen molar-refractivity contribution in [1.29, 1.82) is 0 Å². The summed E-state index contributed by atoms with van der Waals surface area (Å²) in [5.41, 5.74) is 2.74. The molecule has 1 aliphatic rings. The van der Waals surface area contributed by atoms with Gasteiger partial charge in [-0.25, -0.2) is 0 Å². The summed E-state index contributed by atoms with van der Waals surface area (Å²) in [6, 6.07) is 6.81. The fraction of sp³-hybridized carbons (Fsp3) is 0.647. The van der Waals surface area contributed by atoms with E-state index in [-0.39, 0.29) is 11.5 Å². The minimum Gasteiger partial charge on any atom is -0.497 e. The molecule has 2 unspecified atom stereocenters. The molecule has 1 aromatic rings. The molecule has 0 aromatic heterocycles. The zero-order valence-corrected chi connectivity index (χ0v) is 13.1. The van der Waals surface area contributed by atoms with Gasteiger partial charge in [0, 0.05) is 12.6 Å². The van der Waals surface area contributed by atoms with Gasteiger partial charge in [-0.2, -0.15) is 0 Å². The number of hydrogen-bond donors (Lipinski definition) is 2. The van der Waals surface area contributed by atoms with E-state index in [1.807, 2.05) is 6.07 Å². The lowest BCUT2D eigenvalue weighted by molar-refractivity contribution is 0.0600. The van der Waals surface area contributed by atoms with Gasteiger partial charge in [-0.1, -0.05) is 26.8 Å². The van der Waals surface area contributed by atoms with E-state index in [0.29, 0.717) is 12.6 Å². The van der Waals surface area contributed by atoms with E-state index in [1.54, 1.807) is 7.11 Å². The molecule has 1 aromatic carbocycles. The predicted octanol–water partition coefficient (Wildman–Crippen LogP) is 2.55. The van der Waals surface area contributed by atoms with Crippen molar-refractivity contribution in [3.05, 3.63) is 29.3 Å². The maximum atomic E-state index is 10.1. The lowest BCUT2D eigenvalue weighted by Gasteiger charge is -2.30. The van der Waals surface area contributed by atoms with Crippen LogP contribution in [0.3, 0.4) is 0 Å². The standard InChI is InChI=1S/C17H27NO2/c1-17(2,3)16(19)11-18-14-7-5-12-6-8-15(20-4)10-13(12)9-14/h6,8,10,14,16,18-19H,5,7,9,11H2,1-4H3. The average Bonchev–Trinajstić information content (AvgIpc) is 2.42. The van der Waals surface area contributed by atoms with Gasteiger partial charge < -0.3 is 15.2 Å². The van der Waals surface area contributed by atoms with Crippen molar-refractivity contribution >= 4 is 0 Å². The van der Waals surface area contributed by atoms with Crippen LogP contribution in [0.2, 0.25) is 0 Å². The summed E-state index contributed by atoms with van der Waals surface area (Å²) < 4.78 is 5.30. The van der Waals surface area contributed by atoms with Gasteiger partial charge in [0.05, 0.1) is 13.2 Å². The first kappa shape index (κ1) is 15.3. The Bertz CT molecular complexity index is 451. The molecule has 0 saturated carbocycles. The molecule has 0 amide bonds. The Morgan fingerprint density at radius 3 is 2.75 bits per heavy atom. The van der Waals surface area contributed by atoms with E-state index in [1.165, 1.54) is 11.1 Å². The summed E-state index contributed by atoms with van der Waals surface area (Å²) in [6.45, 7) is 6.87. The Morgan fingerprint density at radius 2 is 2.10 bits per heavy atom. The molecule has 0 aliphatic heterocycles. The van der Waals surface area contributed by atoms with Gasteiger partial charge in [0.1, 0.15) is 5.75 Å². The van der Waals surface area contributed by atoms with Crippen molar-refractivity contribution in [3.63, 3.8) is 0 Å². The van der Waals surface area contributed by atoms with Crippen molar-refractivity contribution in [2.45, 2.75) is 52.2 Å². The SMILES string of the molecule is COc1ccc2c(c1)CC(NCC(O)C(C)(C)C)CC2. The van der Waals surface area contributed by atoms with Gasteiger partial charge >= 0.3 is 0 Å². The Labute approximate surface area is 122 Å². The molecule has 0 saturated heterocycles. The first-order valence-corrected chi connectivity index (χ1v) is 7.47. The number of aliphatic hydroxyl groups is 1. The van der Waals surface area contributed by atoms with E-state index >= 15 is 0 Å². The maximum absolute atomic E-state index is 10.1. The number of rotatable bonds is 4. The molecule has 112 valence electrons. The summed E-state index contributed by atoms with van der Waals surface area (Å²) in [4.78, 5) is 0. The predicted molar refractivity (Wildman–Crippen MR) is 82.3 cm³/mol. The Balaban J connectivity index is 1.94. The molecule has 20 heavy (non-hydrogen) atoms. The van der Waals surface area contributed by atoms with E-state index < -0.39 is 0 Å². The van der Waals surface area contributed by atoms with Gasteiger partial charge in [0.15, 0.2) is 0 Å². The van der Waals surface area contributed by atoms with Crippen LogP contribution in [-0.4, -0.2) is 30.9 Å². The molecule has 1 aliphatic carbocycles. The Morgan fingerprint density at radius 1 is 1.35 bits per heavy atom. The minimum atomic E-state index is -0.311. The first-order valence-electron chi connectivity index (χ1n) is 7.47. The van der Waals surface area contributed by atoms with Crippen LogP contribution in [-0.2, 0) is 12.8 Å². The number of benzene rings is 1. The molecule has 2 atom stereocenters. The van der Waals surface area contributed by atoms with E-state index in [4.69, 9.17) is 4.74 Å². The molecule has 0 spiro atoms. The molecule has 3 heteroatoms. The number of ether oxygens (including phenoxy) is 1. The number of methoxy groups -OCH3 is 1. The summed E-state index contributed by atoms with van der Waals surface area (Å²) >= 11 is 0. The number of fused-ring (bicyclic) bond motifs is 1. The van der Waals surface area contributed by atoms with Crippen molar-refractivity contribution in [3.8, 4) is 5.75 Å². The topological polar surface area (TPSA) is 41.5 Å². The summed E-state index contributed by atoms with van der Waals surface area (Å²) in [7, 11) is 1.71. The lowest BCUT2D eigenvalue weighted by Crippen LogP contribution is -2.43. The normalized spacial score (nSPS) is 20.4. The molecular weight excluding hydrogens is 250 g/mol. The lowest BCUT2D eigenvalue weighted by atomic mass is 9.86. The third-order valence-corrected chi connectivity index (χ3v) is 4.24. The Kier molecular flexibility index (Phi) is 4.71. The second-order valence-electron chi connectivity index (χ2n) is 6.86. The highest BCUT2D eigenvalue weighted by atomic mass is 16.5. The van der Waals surface area contributed by atoms with Crippen LogP contribution in [0.25, 0.3) is 0 Å². The van der Waals surface area contributed by atoms with Crippen molar-refractivity contribution in [2.24, 2.45) is 5.41 Å². The van der Waals surface area contributed by atoms with Crippen molar-refractivity contribution in [1.82, 2.24) is 5.32 Å². The van der Waals surface area contributed by atoms with Gasteiger partial charge in [0.25, 0.3) is 0 Å². The highest BCUT2D eigenvalue weighted by Crippen LogP contribution is 2.26. The fourth-order valence-electron chi connectivity index (χ4n) is 2.62. The highest BCUT2D eigenvalue weighted by Gasteiger charge is 2.24. The summed E-state index contributed by atoms with van der Waals surface area (Å²) in [6.07, 6.45) is 2.94. The number of hydrogen-bond acceptors (Lipinski definition) is 3.